The van der Waals surface area contributed by atoms with Crippen LogP contribution in [0.5, 0.6) is 0 Å². The van der Waals surface area contributed by atoms with Gasteiger partial charge >= 0.3 is 0 Å². The van der Waals surface area contributed by atoms with Crippen molar-refractivity contribution in [3.8, 4) is 0 Å². The van der Waals surface area contributed by atoms with Crippen molar-refractivity contribution in [1.29, 1.82) is 0 Å². The quantitative estimate of drug-likeness (QED) is 0.0297. The molecule has 376 valence electrons. The van der Waals surface area contributed by atoms with Gasteiger partial charge in [0.25, 0.3) is 0 Å². The van der Waals surface area contributed by atoms with Crippen LogP contribution in [-0.2, 0) is 14.4 Å². The van der Waals surface area contributed by atoms with Gasteiger partial charge in [-0.1, -0.05) is 201 Å². The summed E-state index contributed by atoms with van der Waals surface area (Å²) >= 11 is 0. The van der Waals surface area contributed by atoms with Crippen LogP contribution in [0.25, 0.3) is 0 Å². The van der Waals surface area contributed by atoms with E-state index in [1.165, 1.54) is 161 Å². The first-order valence-corrected chi connectivity index (χ1v) is 26.9. The number of amides is 3. The lowest BCUT2D eigenvalue weighted by atomic mass is 10.1. The first kappa shape index (κ1) is 63.3. The molecule has 11 nitrogen and oxygen atoms in total. The van der Waals surface area contributed by atoms with Crippen molar-refractivity contribution in [2.45, 2.75) is 258 Å². The summed E-state index contributed by atoms with van der Waals surface area (Å²) in [6, 6.07) is 0. The molecule has 0 aliphatic carbocycles. The summed E-state index contributed by atoms with van der Waals surface area (Å²) in [5.41, 5.74) is 0. The first-order valence-electron chi connectivity index (χ1n) is 26.9. The van der Waals surface area contributed by atoms with E-state index in [1.54, 1.807) is 0 Å². The zero-order chi connectivity index (χ0) is 46.7. The van der Waals surface area contributed by atoms with Crippen molar-refractivity contribution in [2.24, 2.45) is 0 Å². The molecule has 7 N–H and O–H groups in total. The van der Waals surface area contributed by atoms with Gasteiger partial charge in [-0.25, -0.2) is 0 Å². The van der Waals surface area contributed by atoms with Crippen LogP contribution < -0.4 is 21.3 Å². The van der Waals surface area contributed by atoms with Gasteiger partial charge in [0.15, 0.2) is 0 Å². The molecule has 0 saturated carbocycles. The van der Waals surface area contributed by atoms with Crippen LogP contribution >= 0.6 is 0 Å². The third kappa shape index (κ3) is 52.7. The van der Waals surface area contributed by atoms with Crippen LogP contribution in [0.15, 0.2) is 0 Å². The predicted octanol–water partition coefficient (Wildman–Crippen LogP) is 10.3. The summed E-state index contributed by atoms with van der Waals surface area (Å²) in [6.45, 7) is 13.0. The number of nitrogens with one attached hydrogen (secondary N) is 4. The lowest BCUT2D eigenvalue weighted by Crippen LogP contribution is -2.39. The molecule has 0 radical (unpaired) electrons. The molecule has 11 heteroatoms. The Kier molecular flexibility index (Phi) is 53.1. The Morgan fingerprint density at radius 1 is 0.413 bits per heavy atom. The minimum absolute atomic E-state index is 0.00447. The van der Waals surface area contributed by atoms with E-state index in [0.717, 1.165) is 45.1 Å². The molecule has 3 amide bonds. The molecule has 0 spiro atoms. The number of carbonyl (C=O) groups excluding carboxylic acids is 3. The topological polar surface area (TPSA) is 163 Å². The fraction of sp³-hybridized carbons (Fsp3) is 0.942. The summed E-state index contributed by atoms with van der Waals surface area (Å²) in [4.78, 5) is 38.1. The first-order chi connectivity index (χ1) is 30.7. The normalized spacial score (nSPS) is 12.2. The van der Waals surface area contributed by atoms with E-state index in [-0.39, 0.29) is 37.0 Å². The number of rotatable bonds is 48. The number of aliphatic hydroxyl groups excluding tert-OH is 3. The summed E-state index contributed by atoms with van der Waals surface area (Å²) < 4.78 is 0. The second-order valence-electron chi connectivity index (χ2n) is 18.2. The van der Waals surface area contributed by atoms with Gasteiger partial charge in [0.2, 0.25) is 17.7 Å². The Labute approximate surface area is 389 Å². The Balaban J connectivity index is 0. The summed E-state index contributed by atoms with van der Waals surface area (Å²) in [5, 5.41) is 40.6. The van der Waals surface area contributed by atoms with Crippen molar-refractivity contribution < 1.29 is 29.7 Å². The highest BCUT2D eigenvalue weighted by Crippen LogP contribution is 2.12. The average molecular weight is 898 g/mol. The van der Waals surface area contributed by atoms with Crippen molar-refractivity contribution in [3.63, 3.8) is 0 Å². The zero-order valence-corrected chi connectivity index (χ0v) is 42.1. The maximum atomic E-state index is 12.3. The smallest absolute Gasteiger partial charge is 0.221 e. The number of unbranched alkanes of at least 4 members (excludes halogenated alkanes) is 27. The monoisotopic (exact) mass is 898 g/mol. The van der Waals surface area contributed by atoms with Crippen LogP contribution in [0.3, 0.4) is 0 Å². The lowest BCUT2D eigenvalue weighted by molar-refractivity contribution is -0.122. The van der Waals surface area contributed by atoms with Crippen molar-refractivity contribution in [3.05, 3.63) is 0 Å². The minimum Gasteiger partial charge on any atom is -0.394 e. The molecule has 0 fully saturated rings. The van der Waals surface area contributed by atoms with Crippen LogP contribution in [0.2, 0.25) is 0 Å². The second kappa shape index (κ2) is 52.8. The average Bonchev–Trinajstić information content (AvgIpc) is 3.28. The lowest BCUT2D eigenvalue weighted by Gasteiger charge is -2.24. The molecule has 0 heterocycles. The van der Waals surface area contributed by atoms with Gasteiger partial charge in [-0.15, -0.1) is 0 Å². The molecule has 2 unspecified atom stereocenters. The van der Waals surface area contributed by atoms with E-state index in [1.807, 2.05) is 11.8 Å². The van der Waals surface area contributed by atoms with Crippen molar-refractivity contribution in [2.75, 3.05) is 59.0 Å². The third-order valence-electron chi connectivity index (χ3n) is 11.9. The van der Waals surface area contributed by atoms with E-state index in [0.29, 0.717) is 58.5 Å². The van der Waals surface area contributed by atoms with Crippen LogP contribution in [0.1, 0.15) is 246 Å². The molecule has 0 aromatic rings. The third-order valence-corrected chi connectivity index (χ3v) is 11.9. The maximum absolute atomic E-state index is 12.3. The van der Waals surface area contributed by atoms with Gasteiger partial charge in [-0.3, -0.25) is 19.3 Å². The number of aliphatic hydroxyl groups is 3. The van der Waals surface area contributed by atoms with Gasteiger partial charge in [0.05, 0.1) is 18.8 Å². The molecule has 63 heavy (non-hydrogen) atoms. The van der Waals surface area contributed by atoms with Crippen molar-refractivity contribution in [1.82, 2.24) is 26.2 Å². The minimum atomic E-state index is -0.871. The van der Waals surface area contributed by atoms with Gasteiger partial charge in [-0.05, 0) is 25.7 Å². The van der Waals surface area contributed by atoms with Crippen LogP contribution in [-0.4, -0.2) is 109 Å². The summed E-state index contributed by atoms with van der Waals surface area (Å²) in [6.07, 6.45) is 39.4. The van der Waals surface area contributed by atoms with Crippen LogP contribution in [0, 0.1) is 0 Å². The van der Waals surface area contributed by atoms with E-state index < -0.39 is 6.10 Å². The van der Waals surface area contributed by atoms with Crippen LogP contribution in [0.4, 0.5) is 0 Å². The number of nitrogens with zero attached hydrogens (tertiary/aromatic N) is 1. The SMILES string of the molecule is CCCCCCCCCCCCNC(=O)CCN(CCC(=O)NCCCCCCCCCCCC)CC(O)CO.CCCCCCCCCCCCNC(=O)CCNCC(O)CC. The van der Waals surface area contributed by atoms with E-state index in [9.17, 15) is 29.7 Å². The second-order valence-corrected chi connectivity index (χ2v) is 18.2. The fourth-order valence-electron chi connectivity index (χ4n) is 7.57. The number of hydrogen-bond donors (Lipinski definition) is 7. The summed E-state index contributed by atoms with van der Waals surface area (Å²) in [7, 11) is 0. The van der Waals surface area contributed by atoms with Gasteiger partial charge in [0.1, 0.15) is 0 Å². The Morgan fingerprint density at radius 3 is 1.02 bits per heavy atom. The standard InChI is InChI=1S/C33H67N3O4.C19H40N2O2/c1-3-5-7-9-11-13-15-17-19-21-25-34-32(39)23-27-36(29-31(38)30-37)28-24-33(40)35-26-22-20-18-16-14-12-10-8-6-4-2;1-3-5-6-7-8-9-10-11-12-13-15-21-19(23)14-16-20-17-18(22)4-2/h31,37-38H,3-30H2,1-2H3,(H,34,39)(H,35,40);18,20,22H,3-17H2,1-2H3,(H,21,23). The highest BCUT2D eigenvalue weighted by Gasteiger charge is 2.14. The molecule has 0 bridgehead atoms. The molecule has 0 aliphatic rings. The molecule has 0 aliphatic heterocycles. The molecule has 0 saturated heterocycles. The van der Waals surface area contributed by atoms with E-state index >= 15 is 0 Å². The van der Waals surface area contributed by atoms with E-state index in [2.05, 4.69) is 42.0 Å². The molecule has 0 rings (SSSR count). The molecular weight excluding hydrogens is 791 g/mol. The highest BCUT2D eigenvalue weighted by atomic mass is 16.3. The largest absolute Gasteiger partial charge is 0.394 e. The Morgan fingerprint density at radius 2 is 0.714 bits per heavy atom. The van der Waals surface area contributed by atoms with Gasteiger partial charge in [-0.2, -0.15) is 0 Å². The Bertz CT molecular complexity index is 918. The Hall–Kier alpha value is -1.79. The fourth-order valence-corrected chi connectivity index (χ4v) is 7.57. The predicted molar refractivity (Wildman–Crippen MR) is 267 cm³/mol. The molecule has 2 atom stereocenters. The molecule has 0 aromatic heterocycles. The highest BCUT2D eigenvalue weighted by molar-refractivity contribution is 5.77. The van der Waals surface area contributed by atoms with Crippen molar-refractivity contribution >= 4 is 17.7 Å². The number of hydrogen-bond acceptors (Lipinski definition) is 8. The molecular formula is C52H107N5O6. The molecule has 0 aromatic carbocycles. The maximum Gasteiger partial charge on any atom is 0.221 e. The summed E-state index contributed by atoms with van der Waals surface area (Å²) in [5.74, 6) is 0.119. The van der Waals surface area contributed by atoms with Gasteiger partial charge in [0, 0.05) is 71.6 Å². The van der Waals surface area contributed by atoms with Gasteiger partial charge < -0.3 is 36.6 Å². The zero-order valence-electron chi connectivity index (χ0n) is 42.1. The van der Waals surface area contributed by atoms with E-state index in [4.69, 9.17) is 0 Å². The number of carbonyl (C=O) groups is 3.